The fourth-order valence-corrected chi connectivity index (χ4v) is 4.39. The van der Waals surface area contributed by atoms with Crippen molar-refractivity contribution in [2.75, 3.05) is 25.2 Å². The molecular formula is C26H31BN4O5. The lowest BCUT2D eigenvalue weighted by molar-refractivity contribution is 0.00578. The molecule has 2 aliphatic heterocycles. The van der Waals surface area contributed by atoms with Crippen LogP contribution in [0.2, 0.25) is 0 Å². The first-order valence-electron chi connectivity index (χ1n) is 12.1. The number of carbonyl (C=O) groups is 1. The smallest absolute Gasteiger partial charge is 0.494 e. The number of aromatic nitrogens is 3. The zero-order valence-electron chi connectivity index (χ0n) is 21.6. The van der Waals surface area contributed by atoms with Gasteiger partial charge in [0.05, 0.1) is 31.4 Å². The number of anilines is 1. The van der Waals surface area contributed by atoms with Crippen LogP contribution in [0.15, 0.2) is 42.5 Å². The van der Waals surface area contributed by atoms with Gasteiger partial charge in [0.15, 0.2) is 0 Å². The average Bonchev–Trinajstić information content (AvgIpc) is 3.27. The van der Waals surface area contributed by atoms with Crippen molar-refractivity contribution in [2.24, 2.45) is 0 Å². The maximum Gasteiger partial charge on any atom is 0.494 e. The van der Waals surface area contributed by atoms with Gasteiger partial charge in [0.1, 0.15) is 12.4 Å². The highest BCUT2D eigenvalue weighted by molar-refractivity contribution is 6.62. The Bertz CT molecular complexity index is 1270. The highest BCUT2D eigenvalue weighted by Gasteiger charge is 2.51. The number of fused-ring (bicyclic) bond motifs is 1. The van der Waals surface area contributed by atoms with Crippen LogP contribution in [0.5, 0.6) is 11.6 Å². The second-order valence-corrected chi connectivity index (χ2v) is 10.2. The van der Waals surface area contributed by atoms with Crippen molar-refractivity contribution in [3.05, 3.63) is 59.3 Å². The summed E-state index contributed by atoms with van der Waals surface area (Å²) in [5.41, 5.74) is 3.00. The molecule has 1 fully saturated rings. The van der Waals surface area contributed by atoms with Crippen molar-refractivity contribution in [1.82, 2.24) is 15.0 Å². The normalized spacial score (nSPS) is 18.6. The molecule has 0 N–H and O–H groups in total. The lowest BCUT2D eigenvalue weighted by Crippen LogP contribution is -2.41. The monoisotopic (exact) mass is 490 g/mol. The summed E-state index contributed by atoms with van der Waals surface area (Å²) in [4.78, 5) is 15.2. The lowest BCUT2D eigenvalue weighted by Gasteiger charge is -2.32. The average molecular weight is 490 g/mol. The third kappa shape index (κ3) is 4.24. The Morgan fingerprint density at radius 3 is 2.39 bits per heavy atom. The van der Waals surface area contributed by atoms with Gasteiger partial charge >= 0.3 is 7.12 Å². The molecular weight excluding hydrogens is 459 g/mol. The van der Waals surface area contributed by atoms with E-state index in [4.69, 9.17) is 18.8 Å². The molecule has 3 aromatic rings. The molecule has 0 bridgehead atoms. The summed E-state index contributed by atoms with van der Waals surface area (Å²) in [7, 11) is 1.17. The van der Waals surface area contributed by atoms with E-state index in [2.05, 4.69) is 10.3 Å². The molecule has 3 heterocycles. The van der Waals surface area contributed by atoms with Crippen LogP contribution in [0, 0.1) is 6.92 Å². The predicted molar refractivity (Wildman–Crippen MR) is 136 cm³/mol. The van der Waals surface area contributed by atoms with Gasteiger partial charge in [-0.25, -0.2) is 4.68 Å². The Morgan fingerprint density at radius 1 is 1.06 bits per heavy atom. The van der Waals surface area contributed by atoms with Crippen molar-refractivity contribution < 1.29 is 23.6 Å². The molecule has 1 saturated heterocycles. The van der Waals surface area contributed by atoms with Gasteiger partial charge in [0.2, 0.25) is 11.6 Å². The van der Waals surface area contributed by atoms with E-state index in [9.17, 15) is 4.79 Å². The van der Waals surface area contributed by atoms with Gasteiger partial charge in [-0.2, -0.15) is 0 Å². The van der Waals surface area contributed by atoms with Crippen molar-refractivity contribution in [3.63, 3.8) is 0 Å². The topological polar surface area (TPSA) is 87.9 Å². The molecule has 1 amide bonds. The number of amides is 1. The minimum absolute atomic E-state index is 0.204. The minimum Gasteiger partial charge on any atom is -0.497 e. The molecule has 36 heavy (non-hydrogen) atoms. The Labute approximate surface area is 211 Å². The maximum atomic E-state index is 13.5. The maximum absolute atomic E-state index is 13.5. The van der Waals surface area contributed by atoms with Crippen LogP contribution in [0.3, 0.4) is 0 Å². The zero-order chi connectivity index (χ0) is 25.7. The van der Waals surface area contributed by atoms with E-state index in [1.807, 2.05) is 77.1 Å². The van der Waals surface area contributed by atoms with E-state index < -0.39 is 18.3 Å². The van der Waals surface area contributed by atoms with E-state index in [1.165, 1.54) is 0 Å². The van der Waals surface area contributed by atoms with E-state index in [-0.39, 0.29) is 11.6 Å². The molecule has 1 aromatic heterocycles. The van der Waals surface area contributed by atoms with Crippen molar-refractivity contribution in [2.45, 2.75) is 52.4 Å². The summed E-state index contributed by atoms with van der Waals surface area (Å²) in [5.74, 6) is 0.915. The summed E-state index contributed by atoms with van der Waals surface area (Å²) < 4.78 is 25.2. The van der Waals surface area contributed by atoms with E-state index in [1.54, 1.807) is 16.7 Å². The Hall–Kier alpha value is -3.37. The van der Waals surface area contributed by atoms with Gasteiger partial charge < -0.3 is 23.7 Å². The summed E-state index contributed by atoms with van der Waals surface area (Å²) >= 11 is 0. The van der Waals surface area contributed by atoms with Crippen LogP contribution in [-0.4, -0.2) is 59.5 Å². The lowest BCUT2D eigenvalue weighted by atomic mass is 9.78. The second kappa shape index (κ2) is 8.94. The summed E-state index contributed by atoms with van der Waals surface area (Å²) in [5, 5.41) is 8.38. The number of methoxy groups -OCH3 is 1. The molecule has 0 aliphatic carbocycles. The summed E-state index contributed by atoms with van der Waals surface area (Å²) in [6.07, 6.45) is 0. The number of benzene rings is 2. The van der Waals surface area contributed by atoms with Crippen molar-refractivity contribution >= 4 is 24.2 Å². The molecule has 188 valence electrons. The number of aryl methyl sites for hydroxylation is 1. The van der Waals surface area contributed by atoms with E-state index >= 15 is 0 Å². The van der Waals surface area contributed by atoms with E-state index in [0.717, 1.165) is 28.0 Å². The SMILES string of the molecule is COc1ccc(Cn2nnc3c2OCCN(c2ccc(B4OC(C)(C)C(C)(C)O4)cc2C)C3=O)cc1. The fourth-order valence-electron chi connectivity index (χ4n) is 4.39. The number of nitrogens with zero attached hydrogens (tertiary/aromatic N) is 4. The largest absolute Gasteiger partial charge is 0.497 e. The van der Waals surface area contributed by atoms with Crippen molar-refractivity contribution in [3.8, 4) is 11.6 Å². The van der Waals surface area contributed by atoms with Gasteiger partial charge in [-0.3, -0.25) is 4.79 Å². The van der Waals surface area contributed by atoms with Crippen LogP contribution in [0.4, 0.5) is 5.69 Å². The van der Waals surface area contributed by atoms with E-state index in [0.29, 0.717) is 25.6 Å². The van der Waals surface area contributed by atoms with Crippen LogP contribution in [0.1, 0.15) is 49.3 Å². The number of carbonyl (C=O) groups excluding carboxylic acids is 1. The third-order valence-electron chi connectivity index (χ3n) is 7.22. The van der Waals surface area contributed by atoms with Crippen LogP contribution in [0.25, 0.3) is 0 Å². The van der Waals surface area contributed by atoms with Gasteiger partial charge in [0.25, 0.3) is 5.91 Å². The number of hydrogen-bond donors (Lipinski definition) is 0. The molecule has 0 unspecified atom stereocenters. The molecule has 2 aromatic carbocycles. The van der Waals surface area contributed by atoms with Gasteiger partial charge in [-0.05, 0) is 69.4 Å². The van der Waals surface area contributed by atoms with Gasteiger partial charge in [-0.15, -0.1) is 5.10 Å². The molecule has 5 rings (SSSR count). The molecule has 0 radical (unpaired) electrons. The first-order chi connectivity index (χ1) is 17.1. The highest BCUT2D eigenvalue weighted by Crippen LogP contribution is 2.37. The Morgan fingerprint density at radius 2 is 1.75 bits per heavy atom. The molecule has 10 heteroatoms. The molecule has 2 aliphatic rings. The van der Waals surface area contributed by atoms with Gasteiger partial charge in [0, 0.05) is 5.69 Å². The zero-order valence-corrected chi connectivity index (χ0v) is 21.6. The first-order valence-corrected chi connectivity index (χ1v) is 12.1. The number of ether oxygens (including phenoxy) is 2. The highest BCUT2D eigenvalue weighted by atomic mass is 16.7. The van der Waals surface area contributed by atoms with Crippen LogP contribution >= 0.6 is 0 Å². The molecule has 0 spiro atoms. The predicted octanol–water partition coefficient (Wildman–Crippen LogP) is 2.98. The second-order valence-electron chi connectivity index (χ2n) is 10.2. The molecule has 9 nitrogen and oxygen atoms in total. The van der Waals surface area contributed by atoms with Crippen LogP contribution in [-0.2, 0) is 15.9 Å². The van der Waals surface area contributed by atoms with Crippen LogP contribution < -0.4 is 19.8 Å². The molecule has 0 saturated carbocycles. The minimum atomic E-state index is -0.463. The third-order valence-corrected chi connectivity index (χ3v) is 7.22. The molecule has 0 atom stereocenters. The number of hydrogen-bond acceptors (Lipinski definition) is 7. The fraction of sp³-hybridized carbons (Fsp3) is 0.423. The Balaban J connectivity index is 1.37. The van der Waals surface area contributed by atoms with Gasteiger partial charge in [-0.1, -0.05) is 29.5 Å². The van der Waals surface area contributed by atoms with Crippen molar-refractivity contribution in [1.29, 1.82) is 0 Å². The quantitative estimate of drug-likeness (QED) is 0.509. The summed E-state index contributed by atoms with van der Waals surface area (Å²) in [6.45, 7) is 11.3. The Kier molecular flexibility index (Phi) is 6.04. The number of rotatable bonds is 5. The first kappa shape index (κ1) is 24.3. The standard InChI is InChI=1S/C26H31BN4O5/c1-17-15-19(27-35-25(2,3)26(4,5)36-27)9-12-21(17)30-13-14-34-24-22(23(30)32)28-29-31(24)16-18-7-10-20(33-6)11-8-18/h7-12,15H,13-14,16H2,1-6H3. The summed E-state index contributed by atoms with van der Waals surface area (Å²) in [6, 6.07) is 13.6.